The lowest BCUT2D eigenvalue weighted by atomic mass is 10.1. The first kappa shape index (κ1) is 15.0. The van der Waals surface area contributed by atoms with Crippen LogP contribution >= 0.6 is 0 Å². The van der Waals surface area contributed by atoms with E-state index in [1.807, 2.05) is 43.3 Å². The highest BCUT2D eigenvalue weighted by atomic mass is 19.1. The third-order valence-corrected chi connectivity index (χ3v) is 3.40. The summed E-state index contributed by atoms with van der Waals surface area (Å²) in [5.74, 6) is -0.829. The van der Waals surface area contributed by atoms with E-state index in [0.717, 1.165) is 11.3 Å². The SMILES string of the molecule is CN(C)c1ccc(/C=C2/N=C(c3cccc(F)c3)OC2=O)cc1. The monoisotopic (exact) mass is 310 g/mol. The summed E-state index contributed by atoms with van der Waals surface area (Å²) in [6.45, 7) is 0. The van der Waals surface area contributed by atoms with Gasteiger partial charge in [0.05, 0.1) is 0 Å². The van der Waals surface area contributed by atoms with Gasteiger partial charge in [-0.1, -0.05) is 18.2 Å². The molecule has 1 aliphatic rings. The quantitative estimate of drug-likeness (QED) is 0.645. The number of carbonyl (C=O) groups excluding carboxylic acids is 1. The van der Waals surface area contributed by atoms with E-state index in [2.05, 4.69) is 4.99 Å². The molecule has 0 saturated heterocycles. The molecular weight excluding hydrogens is 295 g/mol. The largest absolute Gasteiger partial charge is 0.402 e. The summed E-state index contributed by atoms with van der Waals surface area (Å²) in [4.78, 5) is 18.1. The van der Waals surface area contributed by atoms with Gasteiger partial charge in [0.25, 0.3) is 0 Å². The van der Waals surface area contributed by atoms with E-state index in [4.69, 9.17) is 4.74 Å². The van der Waals surface area contributed by atoms with E-state index in [-0.39, 0.29) is 11.6 Å². The van der Waals surface area contributed by atoms with Crippen molar-refractivity contribution < 1.29 is 13.9 Å². The van der Waals surface area contributed by atoms with Gasteiger partial charge in [0, 0.05) is 25.3 Å². The van der Waals surface area contributed by atoms with Crippen molar-refractivity contribution in [2.45, 2.75) is 0 Å². The second-order valence-corrected chi connectivity index (χ2v) is 5.33. The lowest BCUT2D eigenvalue weighted by Crippen LogP contribution is -2.08. The summed E-state index contributed by atoms with van der Waals surface area (Å²) < 4.78 is 18.4. The molecule has 116 valence electrons. The molecule has 0 bridgehead atoms. The highest BCUT2D eigenvalue weighted by molar-refractivity contribution is 6.12. The molecule has 0 aliphatic carbocycles. The Balaban J connectivity index is 1.88. The number of halogens is 1. The molecular formula is C18H15FN2O2. The summed E-state index contributed by atoms with van der Waals surface area (Å²) in [7, 11) is 3.91. The molecule has 1 heterocycles. The number of ether oxygens (including phenoxy) is 1. The molecule has 1 aliphatic heterocycles. The maximum atomic E-state index is 13.3. The fourth-order valence-corrected chi connectivity index (χ4v) is 2.18. The predicted octanol–water partition coefficient (Wildman–Crippen LogP) is 3.24. The van der Waals surface area contributed by atoms with Crippen LogP contribution in [0.4, 0.5) is 10.1 Å². The number of esters is 1. The van der Waals surface area contributed by atoms with E-state index in [1.165, 1.54) is 12.1 Å². The average Bonchev–Trinajstić information content (AvgIpc) is 2.89. The highest BCUT2D eigenvalue weighted by Crippen LogP contribution is 2.20. The molecule has 0 radical (unpaired) electrons. The fraction of sp³-hybridized carbons (Fsp3) is 0.111. The van der Waals surface area contributed by atoms with Gasteiger partial charge >= 0.3 is 5.97 Å². The van der Waals surface area contributed by atoms with Gasteiger partial charge in [0.1, 0.15) is 5.82 Å². The van der Waals surface area contributed by atoms with Crippen molar-refractivity contribution >= 4 is 23.6 Å². The minimum Gasteiger partial charge on any atom is -0.402 e. The number of cyclic esters (lactones) is 1. The molecule has 0 aromatic heterocycles. The minimum atomic E-state index is -0.541. The molecule has 0 unspecified atom stereocenters. The molecule has 0 N–H and O–H groups in total. The van der Waals surface area contributed by atoms with E-state index in [0.29, 0.717) is 5.56 Å². The van der Waals surface area contributed by atoms with Gasteiger partial charge in [0.15, 0.2) is 5.70 Å². The second-order valence-electron chi connectivity index (χ2n) is 5.33. The molecule has 4 nitrogen and oxygen atoms in total. The van der Waals surface area contributed by atoms with Crippen molar-refractivity contribution in [1.82, 2.24) is 0 Å². The molecule has 0 spiro atoms. The molecule has 0 atom stereocenters. The van der Waals surface area contributed by atoms with Crippen LogP contribution in [0, 0.1) is 5.82 Å². The Morgan fingerprint density at radius 3 is 2.52 bits per heavy atom. The Morgan fingerprint density at radius 2 is 1.87 bits per heavy atom. The van der Waals surface area contributed by atoms with Crippen molar-refractivity contribution in [3.8, 4) is 0 Å². The summed E-state index contributed by atoms with van der Waals surface area (Å²) in [5.41, 5.74) is 2.53. The van der Waals surface area contributed by atoms with E-state index >= 15 is 0 Å². The third kappa shape index (κ3) is 3.29. The maximum absolute atomic E-state index is 13.3. The topological polar surface area (TPSA) is 41.9 Å². The van der Waals surface area contributed by atoms with Crippen molar-refractivity contribution in [1.29, 1.82) is 0 Å². The number of rotatable bonds is 3. The lowest BCUT2D eigenvalue weighted by molar-refractivity contribution is -0.129. The first-order valence-electron chi connectivity index (χ1n) is 7.09. The van der Waals surface area contributed by atoms with E-state index in [1.54, 1.807) is 18.2 Å². The van der Waals surface area contributed by atoms with Gasteiger partial charge in [-0.05, 0) is 42.0 Å². The smallest absolute Gasteiger partial charge is 0.363 e. The minimum absolute atomic E-state index is 0.116. The Labute approximate surface area is 133 Å². The van der Waals surface area contributed by atoms with Crippen LogP contribution < -0.4 is 4.90 Å². The van der Waals surface area contributed by atoms with Crippen LogP contribution in [-0.4, -0.2) is 26.0 Å². The average molecular weight is 310 g/mol. The number of benzene rings is 2. The molecule has 0 fully saturated rings. The first-order chi connectivity index (χ1) is 11.0. The van der Waals surface area contributed by atoms with Crippen molar-refractivity contribution in [2.75, 3.05) is 19.0 Å². The van der Waals surface area contributed by atoms with Crippen LogP contribution in [0.5, 0.6) is 0 Å². The molecule has 2 aromatic rings. The van der Waals surface area contributed by atoms with Gasteiger partial charge in [0.2, 0.25) is 5.90 Å². The van der Waals surface area contributed by atoms with Crippen LogP contribution in [0.2, 0.25) is 0 Å². The number of carbonyl (C=O) groups is 1. The summed E-state index contributed by atoms with van der Waals surface area (Å²) in [6, 6.07) is 13.5. The molecule has 0 saturated carbocycles. The summed E-state index contributed by atoms with van der Waals surface area (Å²) >= 11 is 0. The molecule has 0 amide bonds. The lowest BCUT2D eigenvalue weighted by Gasteiger charge is -2.11. The van der Waals surface area contributed by atoms with Crippen LogP contribution in [0.25, 0.3) is 6.08 Å². The number of nitrogens with zero attached hydrogens (tertiary/aromatic N) is 2. The summed E-state index contributed by atoms with van der Waals surface area (Å²) in [5, 5.41) is 0. The first-order valence-corrected chi connectivity index (χ1v) is 7.09. The Morgan fingerprint density at radius 1 is 1.13 bits per heavy atom. The molecule has 23 heavy (non-hydrogen) atoms. The normalized spacial score (nSPS) is 15.5. The van der Waals surface area contributed by atoms with Crippen molar-refractivity contribution in [3.05, 3.63) is 71.2 Å². The van der Waals surface area contributed by atoms with Gasteiger partial charge in [-0.15, -0.1) is 0 Å². The van der Waals surface area contributed by atoms with Gasteiger partial charge in [-0.25, -0.2) is 14.2 Å². The van der Waals surface area contributed by atoms with Crippen LogP contribution in [0.3, 0.4) is 0 Å². The standard InChI is InChI=1S/C18H15FN2O2/c1-21(2)15-8-6-12(7-9-15)10-16-18(22)23-17(20-16)13-4-3-5-14(19)11-13/h3-11H,1-2H3/b16-10+. The van der Waals surface area contributed by atoms with E-state index in [9.17, 15) is 9.18 Å². The van der Waals surface area contributed by atoms with Crippen LogP contribution in [-0.2, 0) is 9.53 Å². The Bertz CT molecular complexity index is 808. The predicted molar refractivity (Wildman–Crippen MR) is 87.8 cm³/mol. The Hall–Kier alpha value is -2.95. The number of hydrogen-bond donors (Lipinski definition) is 0. The zero-order chi connectivity index (χ0) is 16.4. The van der Waals surface area contributed by atoms with Crippen molar-refractivity contribution in [3.63, 3.8) is 0 Å². The molecule has 2 aromatic carbocycles. The number of hydrogen-bond acceptors (Lipinski definition) is 4. The number of anilines is 1. The zero-order valence-corrected chi connectivity index (χ0v) is 12.8. The van der Waals surface area contributed by atoms with Crippen LogP contribution in [0.1, 0.15) is 11.1 Å². The second kappa shape index (κ2) is 6.04. The third-order valence-electron chi connectivity index (χ3n) is 3.40. The number of aliphatic imine (C=N–C) groups is 1. The summed E-state index contributed by atoms with van der Waals surface area (Å²) in [6.07, 6.45) is 1.65. The van der Waals surface area contributed by atoms with Gasteiger partial charge < -0.3 is 9.64 Å². The van der Waals surface area contributed by atoms with Gasteiger partial charge in [-0.3, -0.25) is 0 Å². The highest BCUT2D eigenvalue weighted by Gasteiger charge is 2.24. The molecule has 3 rings (SSSR count). The maximum Gasteiger partial charge on any atom is 0.363 e. The fourth-order valence-electron chi connectivity index (χ4n) is 2.18. The Kier molecular flexibility index (Phi) is 3.93. The zero-order valence-electron chi connectivity index (χ0n) is 12.8. The van der Waals surface area contributed by atoms with E-state index < -0.39 is 11.8 Å². The van der Waals surface area contributed by atoms with Crippen molar-refractivity contribution in [2.24, 2.45) is 4.99 Å². The molecule has 5 heteroatoms. The van der Waals surface area contributed by atoms with Gasteiger partial charge in [-0.2, -0.15) is 0 Å². The van der Waals surface area contributed by atoms with Crippen LogP contribution in [0.15, 0.2) is 59.2 Å².